The molecule has 1 amide bonds. The molecule has 0 saturated carbocycles. The maximum atomic E-state index is 11.1. The van der Waals surface area contributed by atoms with Crippen LogP contribution in [0.15, 0.2) is 54.7 Å². The minimum Gasteiger partial charge on any atom is -0.478 e. The number of aromatic carboxylic acids is 1. The molecular weight excluding hydrogens is 380 g/mol. The highest BCUT2D eigenvalue weighted by molar-refractivity contribution is 5.87. The van der Waals surface area contributed by atoms with Crippen LogP contribution < -0.4 is 10.2 Å². The molecule has 154 valence electrons. The number of benzene rings is 2. The number of hydrogen-bond acceptors (Lipinski definition) is 5. The molecule has 1 aromatic heterocycles. The molecule has 0 saturated heterocycles. The lowest BCUT2D eigenvalue weighted by molar-refractivity contribution is -0.105. The predicted octanol–water partition coefficient (Wildman–Crippen LogP) is 4.17. The van der Waals surface area contributed by atoms with Crippen molar-refractivity contribution in [1.82, 2.24) is 9.97 Å². The summed E-state index contributed by atoms with van der Waals surface area (Å²) in [7, 11) is 1.86. The molecule has 1 heterocycles. The Kier molecular flexibility index (Phi) is 6.41. The fourth-order valence-corrected chi connectivity index (χ4v) is 3.26. The number of rotatable bonds is 8. The van der Waals surface area contributed by atoms with Gasteiger partial charge in [-0.1, -0.05) is 50.2 Å². The molecule has 7 nitrogen and oxygen atoms in total. The third-order valence-corrected chi connectivity index (χ3v) is 4.79. The zero-order valence-corrected chi connectivity index (χ0v) is 17.2. The first-order chi connectivity index (χ1) is 14.4. The molecule has 3 aromatic rings. The van der Waals surface area contributed by atoms with Crippen LogP contribution >= 0.6 is 0 Å². The van der Waals surface area contributed by atoms with E-state index < -0.39 is 5.97 Å². The summed E-state index contributed by atoms with van der Waals surface area (Å²) < 4.78 is 0. The van der Waals surface area contributed by atoms with Gasteiger partial charge in [0.1, 0.15) is 5.69 Å². The summed E-state index contributed by atoms with van der Waals surface area (Å²) >= 11 is 0. The third kappa shape index (κ3) is 4.63. The number of carboxylic acids is 1. The van der Waals surface area contributed by atoms with E-state index in [9.17, 15) is 9.59 Å². The van der Waals surface area contributed by atoms with E-state index in [0.29, 0.717) is 36.2 Å². The van der Waals surface area contributed by atoms with Crippen molar-refractivity contribution in [2.45, 2.75) is 26.3 Å². The summed E-state index contributed by atoms with van der Waals surface area (Å²) in [6, 6.07) is 14.7. The fourth-order valence-electron chi connectivity index (χ4n) is 3.26. The van der Waals surface area contributed by atoms with Crippen LogP contribution in [0.2, 0.25) is 0 Å². The van der Waals surface area contributed by atoms with Crippen LogP contribution in [0.1, 0.15) is 41.3 Å². The summed E-state index contributed by atoms with van der Waals surface area (Å²) in [5, 5.41) is 11.7. The highest BCUT2D eigenvalue weighted by Crippen LogP contribution is 2.30. The molecule has 30 heavy (non-hydrogen) atoms. The highest BCUT2D eigenvalue weighted by atomic mass is 16.4. The van der Waals surface area contributed by atoms with E-state index in [1.807, 2.05) is 30.1 Å². The molecule has 0 aliphatic rings. The first-order valence-corrected chi connectivity index (χ1v) is 9.60. The number of nitrogens with one attached hydrogen (secondary N) is 1. The summed E-state index contributed by atoms with van der Waals surface area (Å²) in [4.78, 5) is 33.2. The minimum absolute atomic E-state index is 0.235. The van der Waals surface area contributed by atoms with Gasteiger partial charge in [-0.2, -0.15) is 0 Å². The summed E-state index contributed by atoms with van der Waals surface area (Å²) in [5.74, 6) is 0.509. The number of hydrogen-bond donors (Lipinski definition) is 2. The zero-order chi connectivity index (χ0) is 21.7. The molecule has 0 aliphatic carbocycles. The summed E-state index contributed by atoms with van der Waals surface area (Å²) in [6.07, 6.45) is 2.20. The van der Waals surface area contributed by atoms with Crippen molar-refractivity contribution < 1.29 is 14.7 Å². The Morgan fingerprint density at radius 1 is 1.17 bits per heavy atom. The molecular formula is C23H24N4O3. The Morgan fingerprint density at radius 2 is 1.87 bits per heavy atom. The number of aromatic nitrogens is 2. The number of carbonyl (C=O) groups excluding carboxylic acids is 1. The Hall–Kier alpha value is -3.74. The maximum Gasteiger partial charge on any atom is 0.335 e. The Labute approximate surface area is 175 Å². The number of carboxylic acid groups (broad SMARTS) is 1. The van der Waals surface area contributed by atoms with Crippen molar-refractivity contribution in [3.8, 4) is 11.4 Å². The molecule has 0 bridgehead atoms. The lowest BCUT2D eigenvalue weighted by Gasteiger charge is -2.22. The Balaban J connectivity index is 1.97. The van der Waals surface area contributed by atoms with E-state index in [-0.39, 0.29) is 5.56 Å². The third-order valence-electron chi connectivity index (χ3n) is 4.79. The lowest BCUT2D eigenvalue weighted by Crippen LogP contribution is -2.20. The average molecular weight is 404 g/mol. The summed E-state index contributed by atoms with van der Waals surface area (Å²) in [6.45, 7) is 4.72. The van der Waals surface area contributed by atoms with Gasteiger partial charge in [0.2, 0.25) is 6.41 Å². The molecule has 2 N–H and O–H groups in total. The standard InChI is InChI=1S/C23H24N4O3/c1-15(2)18-6-4-5-7-19(18)21-24-12-20(25-14-28)22(26-21)27(3)13-16-8-10-17(11-9-16)23(29)30/h4-12,14-15H,13H2,1-3H3,(H,25,28)(H,29,30). The van der Waals surface area contributed by atoms with Gasteiger partial charge < -0.3 is 15.3 Å². The largest absolute Gasteiger partial charge is 0.478 e. The van der Waals surface area contributed by atoms with Gasteiger partial charge in [0, 0.05) is 19.2 Å². The van der Waals surface area contributed by atoms with Gasteiger partial charge in [0.15, 0.2) is 11.6 Å². The van der Waals surface area contributed by atoms with Gasteiger partial charge in [0.05, 0.1) is 11.8 Å². The van der Waals surface area contributed by atoms with E-state index in [4.69, 9.17) is 10.1 Å². The number of nitrogens with zero attached hydrogens (tertiary/aromatic N) is 3. The van der Waals surface area contributed by atoms with Crippen LogP contribution in [0, 0.1) is 0 Å². The van der Waals surface area contributed by atoms with Crippen molar-refractivity contribution in [2.24, 2.45) is 0 Å². The van der Waals surface area contributed by atoms with E-state index in [1.54, 1.807) is 30.5 Å². The van der Waals surface area contributed by atoms with Crippen LogP contribution in [-0.2, 0) is 11.3 Å². The number of anilines is 2. The second kappa shape index (κ2) is 9.17. The molecule has 0 unspecified atom stereocenters. The predicted molar refractivity (Wildman–Crippen MR) is 117 cm³/mol. The quantitative estimate of drug-likeness (QED) is 0.547. The zero-order valence-electron chi connectivity index (χ0n) is 17.2. The van der Waals surface area contributed by atoms with Crippen LogP contribution in [-0.4, -0.2) is 34.5 Å². The van der Waals surface area contributed by atoms with Gasteiger partial charge in [-0.15, -0.1) is 0 Å². The van der Waals surface area contributed by atoms with Crippen LogP contribution in [0.3, 0.4) is 0 Å². The molecule has 0 aliphatic heterocycles. The van der Waals surface area contributed by atoms with Crippen LogP contribution in [0.5, 0.6) is 0 Å². The van der Waals surface area contributed by atoms with Crippen molar-refractivity contribution in [2.75, 3.05) is 17.3 Å². The number of carbonyl (C=O) groups is 2. The van der Waals surface area contributed by atoms with Crippen molar-refractivity contribution in [1.29, 1.82) is 0 Å². The van der Waals surface area contributed by atoms with Crippen molar-refractivity contribution in [3.05, 3.63) is 71.4 Å². The Bertz CT molecular complexity index is 1050. The van der Waals surface area contributed by atoms with Gasteiger partial charge in [-0.3, -0.25) is 4.79 Å². The first-order valence-electron chi connectivity index (χ1n) is 9.60. The van der Waals surface area contributed by atoms with E-state index in [0.717, 1.165) is 16.7 Å². The number of amides is 1. The van der Waals surface area contributed by atoms with Gasteiger partial charge in [-0.05, 0) is 29.2 Å². The fraction of sp³-hybridized carbons (Fsp3) is 0.217. The van der Waals surface area contributed by atoms with Crippen molar-refractivity contribution in [3.63, 3.8) is 0 Å². The average Bonchev–Trinajstić information content (AvgIpc) is 2.74. The molecule has 2 aromatic carbocycles. The van der Waals surface area contributed by atoms with Crippen molar-refractivity contribution >= 4 is 23.9 Å². The van der Waals surface area contributed by atoms with E-state index in [2.05, 4.69) is 30.2 Å². The SMILES string of the molecule is CC(C)c1ccccc1-c1ncc(NC=O)c(N(C)Cc2ccc(C(=O)O)cc2)n1. The molecule has 0 radical (unpaired) electrons. The second-order valence-corrected chi connectivity index (χ2v) is 7.29. The maximum absolute atomic E-state index is 11.1. The second-order valence-electron chi connectivity index (χ2n) is 7.29. The molecule has 7 heteroatoms. The van der Waals surface area contributed by atoms with Crippen LogP contribution in [0.25, 0.3) is 11.4 Å². The summed E-state index contributed by atoms with van der Waals surface area (Å²) in [5.41, 5.74) is 3.75. The van der Waals surface area contributed by atoms with Gasteiger partial charge in [0.25, 0.3) is 0 Å². The monoisotopic (exact) mass is 404 g/mol. The molecule has 3 rings (SSSR count). The highest BCUT2D eigenvalue weighted by Gasteiger charge is 2.16. The topological polar surface area (TPSA) is 95.4 Å². The first kappa shape index (κ1) is 21.0. The van der Waals surface area contributed by atoms with E-state index in [1.165, 1.54) is 0 Å². The minimum atomic E-state index is -0.961. The smallest absolute Gasteiger partial charge is 0.335 e. The normalized spacial score (nSPS) is 10.7. The molecule has 0 fully saturated rings. The molecule has 0 atom stereocenters. The van der Waals surface area contributed by atoms with Gasteiger partial charge >= 0.3 is 5.97 Å². The van der Waals surface area contributed by atoms with E-state index >= 15 is 0 Å². The Morgan fingerprint density at radius 3 is 2.50 bits per heavy atom. The molecule has 0 spiro atoms. The lowest BCUT2D eigenvalue weighted by atomic mass is 9.97. The van der Waals surface area contributed by atoms with Crippen LogP contribution in [0.4, 0.5) is 11.5 Å². The van der Waals surface area contributed by atoms with Gasteiger partial charge in [-0.25, -0.2) is 14.8 Å².